The van der Waals surface area contributed by atoms with Crippen LogP contribution in [0.4, 0.5) is 0 Å². The fourth-order valence-corrected chi connectivity index (χ4v) is 6.76. The highest BCUT2D eigenvalue weighted by Gasteiger charge is 2.29. The molecular formula is C26H36N4O5S2. The predicted octanol–water partition coefficient (Wildman–Crippen LogP) is 3.27. The monoisotopic (exact) mass is 548 g/mol. The zero-order valence-electron chi connectivity index (χ0n) is 22.0. The Labute approximate surface area is 220 Å². The lowest BCUT2D eigenvalue weighted by molar-refractivity contribution is 0.322. The van der Waals surface area contributed by atoms with Crippen LogP contribution in [0.2, 0.25) is 0 Å². The van der Waals surface area contributed by atoms with E-state index in [1.165, 1.54) is 29.7 Å². The summed E-state index contributed by atoms with van der Waals surface area (Å²) in [5.41, 5.74) is 1.19. The molecule has 0 aliphatic carbocycles. The van der Waals surface area contributed by atoms with Crippen molar-refractivity contribution in [3.05, 3.63) is 72.1 Å². The van der Waals surface area contributed by atoms with E-state index in [2.05, 4.69) is 4.98 Å². The van der Waals surface area contributed by atoms with Crippen molar-refractivity contribution in [1.82, 2.24) is 18.8 Å². The summed E-state index contributed by atoms with van der Waals surface area (Å²) in [5.74, 6) is 0.491. The number of sulfone groups is 1. The van der Waals surface area contributed by atoms with Crippen LogP contribution in [0.5, 0.6) is 5.75 Å². The number of methoxy groups -OCH3 is 1. The molecule has 0 atom stereocenters. The molecule has 0 saturated carbocycles. The number of aromatic nitrogens is 2. The van der Waals surface area contributed by atoms with E-state index in [9.17, 15) is 16.8 Å². The van der Waals surface area contributed by atoms with Crippen molar-refractivity contribution in [2.45, 2.75) is 42.7 Å². The van der Waals surface area contributed by atoms with Crippen LogP contribution in [0.3, 0.4) is 0 Å². The van der Waals surface area contributed by atoms with E-state index in [1.54, 1.807) is 41.0 Å². The van der Waals surface area contributed by atoms with Crippen LogP contribution < -0.4 is 4.74 Å². The van der Waals surface area contributed by atoms with Crippen molar-refractivity contribution in [3.8, 4) is 5.75 Å². The molecule has 0 unspecified atom stereocenters. The Balaban J connectivity index is 2.00. The second-order valence-corrected chi connectivity index (χ2v) is 13.4. The zero-order valence-corrected chi connectivity index (χ0v) is 23.7. The Bertz CT molecular complexity index is 1370. The predicted molar refractivity (Wildman–Crippen MR) is 144 cm³/mol. The van der Waals surface area contributed by atoms with E-state index < -0.39 is 19.9 Å². The molecule has 0 radical (unpaired) electrons. The number of ether oxygens (including phenoxy) is 1. The van der Waals surface area contributed by atoms with Crippen LogP contribution in [0, 0.1) is 5.92 Å². The first-order chi connectivity index (χ1) is 17.4. The summed E-state index contributed by atoms with van der Waals surface area (Å²) in [4.78, 5) is 6.33. The van der Waals surface area contributed by atoms with Gasteiger partial charge in [-0.2, -0.15) is 4.31 Å². The van der Waals surface area contributed by atoms with Gasteiger partial charge in [-0.15, -0.1) is 0 Å². The number of likely N-dealkylation sites (N-methyl/N-ethyl adjacent to an activating group) is 1. The molecule has 1 aromatic heterocycles. The first-order valence-electron chi connectivity index (χ1n) is 12.0. The number of hydrogen-bond acceptors (Lipinski definition) is 7. The van der Waals surface area contributed by atoms with Crippen molar-refractivity contribution in [2.75, 3.05) is 34.3 Å². The van der Waals surface area contributed by atoms with Gasteiger partial charge in [-0.05, 0) is 49.8 Å². The summed E-state index contributed by atoms with van der Waals surface area (Å²) >= 11 is 0. The lowest BCUT2D eigenvalue weighted by atomic mass is 10.2. The molecule has 0 bridgehead atoms. The zero-order chi connectivity index (χ0) is 27.2. The molecule has 0 aliphatic heterocycles. The number of benzene rings is 2. The molecule has 0 N–H and O–H groups in total. The van der Waals surface area contributed by atoms with Crippen LogP contribution in [-0.2, 0) is 38.7 Å². The highest BCUT2D eigenvalue weighted by Crippen LogP contribution is 2.24. The normalized spacial score (nSPS) is 12.5. The van der Waals surface area contributed by atoms with Gasteiger partial charge in [-0.3, -0.25) is 0 Å². The molecule has 0 amide bonds. The van der Waals surface area contributed by atoms with Gasteiger partial charge in [0.25, 0.3) is 0 Å². The molecule has 37 heavy (non-hydrogen) atoms. The second-order valence-electron chi connectivity index (χ2n) is 9.60. The Hall–Kier alpha value is -2.73. The summed E-state index contributed by atoms with van der Waals surface area (Å²) in [7, 11) is -2.38. The van der Waals surface area contributed by atoms with Gasteiger partial charge in [0.05, 0.1) is 36.2 Å². The third-order valence-electron chi connectivity index (χ3n) is 5.76. The van der Waals surface area contributed by atoms with Crippen molar-refractivity contribution in [1.29, 1.82) is 0 Å². The first kappa shape index (κ1) is 28.8. The van der Waals surface area contributed by atoms with E-state index in [1.807, 2.05) is 38.9 Å². The minimum absolute atomic E-state index is 0.0111. The molecule has 1 heterocycles. The highest BCUT2D eigenvalue weighted by molar-refractivity contribution is 7.90. The maximum absolute atomic E-state index is 13.6. The van der Waals surface area contributed by atoms with Crippen molar-refractivity contribution in [2.24, 2.45) is 5.92 Å². The number of sulfonamides is 1. The molecule has 0 aliphatic rings. The van der Waals surface area contributed by atoms with Gasteiger partial charge >= 0.3 is 0 Å². The Morgan fingerprint density at radius 2 is 1.59 bits per heavy atom. The molecule has 0 saturated heterocycles. The topological polar surface area (TPSA) is 102 Å². The number of hydrogen-bond donors (Lipinski definition) is 0. The van der Waals surface area contributed by atoms with E-state index in [-0.39, 0.29) is 34.8 Å². The summed E-state index contributed by atoms with van der Waals surface area (Å²) in [6, 6.07) is 15.2. The van der Waals surface area contributed by atoms with E-state index in [4.69, 9.17) is 4.74 Å². The number of nitrogens with zero attached hydrogens (tertiary/aromatic N) is 4. The van der Waals surface area contributed by atoms with E-state index in [0.717, 1.165) is 0 Å². The molecule has 0 spiro atoms. The molecule has 2 aromatic carbocycles. The molecule has 9 nitrogen and oxygen atoms in total. The standard InChI is InChI=1S/C26H36N4O5S2/c1-21(2)18-30-23(17-27-26(30)36(31,32)20-22-9-7-6-8-10-22)19-29(16-15-28(3)4)37(33,34)25-13-11-24(35-5)12-14-25/h6-14,17,21H,15-16,18-20H2,1-5H3. The first-order valence-corrected chi connectivity index (χ1v) is 15.1. The molecule has 3 rings (SSSR count). The van der Waals surface area contributed by atoms with Crippen LogP contribution in [0.1, 0.15) is 25.1 Å². The van der Waals surface area contributed by atoms with Gasteiger partial charge in [0.15, 0.2) is 0 Å². The van der Waals surface area contributed by atoms with E-state index >= 15 is 0 Å². The Kier molecular flexibility index (Phi) is 9.51. The van der Waals surface area contributed by atoms with Crippen LogP contribution in [0.25, 0.3) is 0 Å². The number of imidazole rings is 1. The highest BCUT2D eigenvalue weighted by atomic mass is 32.2. The SMILES string of the molecule is COc1ccc(S(=O)(=O)N(CCN(C)C)Cc2cnc(S(=O)(=O)Cc3ccccc3)n2CC(C)C)cc1. The quantitative estimate of drug-likeness (QED) is 0.323. The van der Waals surface area contributed by atoms with Crippen LogP contribution in [0.15, 0.2) is 70.8 Å². The Morgan fingerprint density at radius 3 is 2.16 bits per heavy atom. The van der Waals surface area contributed by atoms with Gasteiger partial charge in [0.1, 0.15) is 5.75 Å². The molecule has 3 aromatic rings. The third-order valence-corrected chi connectivity index (χ3v) is 9.21. The van der Waals surface area contributed by atoms with Gasteiger partial charge in [-0.1, -0.05) is 44.2 Å². The minimum Gasteiger partial charge on any atom is -0.497 e. The lowest BCUT2D eigenvalue weighted by Crippen LogP contribution is -2.37. The molecular weight excluding hydrogens is 512 g/mol. The fourth-order valence-electron chi connectivity index (χ4n) is 3.86. The summed E-state index contributed by atoms with van der Waals surface area (Å²) in [6.07, 6.45) is 1.48. The van der Waals surface area contributed by atoms with E-state index in [0.29, 0.717) is 30.1 Å². The largest absolute Gasteiger partial charge is 0.497 e. The molecule has 202 valence electrons. The maximum atomic E-state index is 13.6. The van der Waals surface area contributed by atoms with Crippen molar-refractivity contribution in [3.63, 3.8) is 0 Å². The average molecular weight is 549 g/mol. The van der Waals surface area contributed by atoms with Gasteiger partial charge in [0, 0.05) is 19.6 Å². The van der Waals surface area contributed by atoms with Crippen molar-refractivity contribution < 1.29 is 21.6 Å². The molecule has 11 heteroatoms. The lowest BCUT2D eigenvalue weighted by Gasteiger charge is -2.25. The summed E-state index contributed by atoms with van der Waals surface area (Å²) in [5, 5.41) is -0.0468. The van der Waals surface area contributed by atoms with Crippen LogP contribution in [-0.4, -0.2) is 69.9 Å². The fraction of sp³-hybridized carbons (Fsp3) is 0.423. The summed E-state index contributed by atoms with van der Waals surface area (Å²) < 4.78 is 62.2. The maximum Gasteiger partial charge on any atom is 0.243 e. The second kappa shape index (κ2) is 12.2. The van der Waals surface area contributed by atoms with Crippen LogP contribution >= 0.6 is 0 Å². The average Bonchev–Trinajstić information content (AvgIpc) is 3.24. The third kappa shape index (κ3) is 7.41. The van der Waals surface area contributed by atoms with Gasteiger partial charge in [0.2, 0.25) is 25.0 Å². The van der Waals surface area contributed by atoms with Gasteiger partial charge < -0.3 is 14.2 Å². The summed E-state index contributed by atoms with van der Waals surface area (Å²) in [6.45, 7) is 5.06. The smallest absolute Gasteiger partial charge is 0.243 e. The van der Waals surface area contributed by atoms with Gasteiger partial charge in [-0.25, -0.2) is 21.8 Å². The number of rotatable bonds is 13. The van der Waals surface area contributed by atoms with Crippen molar-refractivity contribution >= 4 is 19.9 Å². The minimum atomic E-state index is -3.88. The Morgan fingerprint density at radius 1 is 0.946 bits per heavy atom. The molecule has 0 fully saturated rings.